The Morgan fingerprint density at radius 1 is 1.12 bits per heavy atom. The van der Waals surface area contributed by atoms with Crippen LogP contribution in [-0.2, 0) is 9.59 Å². The van der Waals surface area contributed by atoms with Gasteiger partial charge in [0.15, 0.2) is 11.5 Å². The number of ether oxygens (including phenoxy) is 2. The highest BCUT2D eigenvalue weighted by Crippen LogP contribution is 2.48. The van der Waals surface area contributed by atoms with E-state index in [1.165, 1.54) is 0 Å². The van der Waals surface area contributed by atoms with E-state index in [-0.39, 0.29) is 23.8 Å². The molecule has 0 heterocycles. The summed E-state index contributed by atoms with van der Waals surface area (Å²) in [6.07, 6.45) is 4.67. The second-order valence-corrected chi connectivity index (χ2v) is 6.68. The van der Waals surface area contributed by atoms with E-state index in [0.717, 1.165) is 12.0 Å². The summed E-state index contributed by atoms with van der Waals surface area (Å²) in [4.78, 5) is 24.3. The van der Waals surface area contributed by atoms with Gasteiger partial charge in [0.2, 0.25) is 5.91 Å². The van der Waals surface area contributed by atoms with Crippen molar-refractivity contribution in [2.75, 3.05) is 14.2 Å². The fourth-order valence-electron chi connectivity index (χ4n) is 4.03. The summed E-state index contributed by atoms with van der Waals surface area (Å²) in [6.45, 7) is 1.87. The molecule has 2 N–H and O–H groups in total. The number of hydrogen-bond acceptors (Lipinski definition) is 4. The summed E-state index contributed by atoms with van der Waals surface area (Å²) in [7, 11) is 3.13. The van der Waals surface area contributed by atoms with Crippen LogP contribution < -0.4 is 14.8 Å². The third kappa shape index (κ3) is 3.08. The van der Waals surface area contributed by atoms with Crippen LogP contribution in [-0.4, -0.2) is 31.2 Å². The van der Waals surface area contributed by atoms with E-state index in [1.807, 2.05) is 31.2 Å². The number of amides is 1. The Hall–Kier alpha value is -2.50. The minimum atomic E-state index is -0.893. The lowest BCUT2D eigenvalue weighted by Crippen LogP contribution is -2.41. The molecule has 1 aromatic rings. The Morgan fingerprint density at radius 3 is 2.36 bits per heavy atom. The van der Waals surface area contributed by atoms with Crippen LogP contribution in [0.25, 0.3) is 0 Å². The van der Waals surface area contributed by atoms with E-state index in [4.69, 9.17) is 9.47 Å². The maximum atomic E-state index is 12.7. The Morgan fingerprint density at radius 2 is 1.76 bits per heavy atom. The first kappa shape index (κ1) is 17.3. The number of nitrogens with one attached hydrogen (secondary N) is 1. The molecule has 2 bridgehead atoms. The van der Waals surface area contributed by atoms with Crippen molar-refractivity contribution in [1.82, 2.24) is 5.32 Å². The number of allylic oxidation sites excluding steroid dienone is 2. The number of hydrogen-bond donors (Lipinski definition) is 2. The molecule has 0 saturated heterocycles. The molecule has 0 aliphatic heterocycles. The summed E-state index contributed by atoms with van der Waals surface area (Å²) >= 11 is 0. The van der Waals surface area contributed by atoms with Crippen molar-refractivity contribution in [2.24, 2.45) is 23.7 Å². The highest BCUT2D eigenvalue weighted by atomic mass is 16.5. The van der Waals surface area contributed by atoms with Gasteiger partial charge in [-0.3, -0.25) is 9.59 Å². The van der Waals surface area contributed by atoms with Gasteiger partial charge in [0.05, 0.1) is 32.1 Å². The molecule has 1 aromatic carbocycles. The van der Waals surface area contributed by atoms with Crippen LogP contribution in [0, 0.1) is 23.7 Å². The molecule has 3 rings (SSSR count). The summed E-state index contributed by atoms with van der Waals surface area (Å²) in [6, 6.07) is 5.21. The van der Waals surface area contributed by atoms with Crippen molar-refractivity contribution in [2.45, 2.75) is 19.4 Å². The number of rotatable bonds is 6. The summed E-state index contributed by atoms with van der Waals surface area (Å²) in [5.74, 6) is -1.04. The topological polar surface area (TPSA) is 84.9 Å². The second kappa shape index (κ2) is 6.78. The third-order valence-electron chi connectivity index (χ3n) is 5.31. The van der Waals surface area contributed by atoms with E-state index < -0.39 is 17.8 Å². The Balaban J connectivity index is 1.74. The third-order valence-corrected chi connectivity index (χ3v) is 5.31. The minimum Gasteiger partial charge on any atom is -0.493 e. The lowest BCUT2D eigenvalue weighted by Gasteiger charge is -2.26. The molecular formula is C19H23NO5. The fourth-order valence-corrected chi connectivity index (χ4v) is 4.03. The molecule has 25 heavy (non-hydrogen) atoms. The molecule has 1 amide bonds. The van der Waals surface area contributed by atoms with Crippen molar-refractivity contribution in [1.29, 1.82) is 0 Å². The molecule has 6 nitrogen and oxygen atoms in total. The number of carbonyl (C=O) groups is 2. The van der Waals surface area contributed by atoms with Crippen LogP contribution in [0.3, 0.4) is 0 Å². The number of carboxylic acids is 1. The molecule has 1 saturated carbocycles. The normalized spacial score (nSPS) is 27.8. The van der Waals surface area contributed by atoms with Gasteiger partial charge in [0.1, 0.15) is 0 Å². The molecule has 134 valence electrons. The van der Waals surface area contributed by atoms with Gasteiger partial charge in [-0.2, -0.15) is 0 Å². The second-order valence-electron chi connectivity index (χ2n) is 6.68. The maximum absolute atomic E-state index is 12.7. The van der Waals surface area contributed by atoms with Gasteiger partial charge in [-0.1, -0.05) is 18.2 Å². The molecule has 5 atom stereocenters. The molecule has 0 spiro atoms. The molecule has 0 aromatic heterocycles. The lowest BCUT2D eigenvalue weighted by atomic mass is 9.82. The van der Waals surface area contributed by atoms with Crippen molar-refractivity contribution in [3.63, 3.8) is 0 Å². The Labute approximate surface area is 146 Å². The lowest BCUT2D eigenvalue weighted by molar-refractivity contribution is -0.148. The molecule has 2 aliphatic carbocycles. The van der Waals surface area contributed by atoms with Gasteiger partial charge in [0, 0.05) is 0 Å². The highest BCUT2D eigenvalue weighted by molar-refractivity contribution is 5.87. The quantitative estimate of drug-likeness (QED) is 0.774. The SMILES string of the molecule is COc1ccc([C@H](C)NC(=O)[C@H]2[C@H](C(=O)O)[C@H]3C=C[C@H]2C3)cc1OC. The number of carboxylic acid groups (broad SMARTS) is 1. The number of benzene rings is 1. The minimum absolute atomic E-state index is 0.0173. The van der Waals surface area contributed by atoms with Gasteiger partial charge in [-0.25, -0.2) is 0 Å². The molecule has 2 aliphatic rings. The van der Waals surface area contributed by atoms with Crippen LogP contribution in [0.4, 0.5) is 0 Å². The number of methoxy groups -OCH3 is 2. The van der Waals surface area contributed by atoms with E-state index in [0.29, 0.717) is 11.5 Å². The van der Waals surface area contributed by atoms with Gasteiger partial charge >= 0.3 is 5.97 Å². The van der Waals surface area contributed by atoms with E-state index in [9.17, 15) is 14.7 Å². The van der Waals surface area contributed by atoms with Crippen molar-refractivity contribution >= 4 is 11.9 Å². The van der Waals surface area contributed by atoms with Crippen LogP contribution in [0.5, 0.6) is 11.5 Å². The van der Waals surface area contributed by atoms with Crippen molar-refractivity contribution < 1.29 is 24.2 Å². The van der Waals surface area contributed by atoms with Crippen LogP contribution in [0.2, 0.25) is 0 Å². The first-order chi connectivity index (χ1) is 12.0. The first-order valence-electron chi connectivity index (χ1n) is 8.39. The number of carbonyl (C=O) groups excluding carboxylic acids is 1. The van der Waals surface area contributed by atoms with Crippen LogP contribution in [0.1, 0.15) is 24.9 Å². The molecule has 0 unspecified atom stereocenters. The molecule has 1 fully saturated rings. The fraction of sp³-hybridized carbons (Fsp3) is 0.474. The standard InChI is InChI=1S/C19H23NO5/c1-10(11-6-7-14(24-2)15(9-11)25-3)20-18(21)16-12-4-5-13(8-12)17(16)19(22)23/h4-7,9-10,12-13,16-17H,8H2,1-3H3,(H,20,21)(H,22,23)/t10-,12-,13-,16+,17+/m0/s1. The number of aliphatic carboxylic acids is 1. The average molecular weight is 345 g/mol. The predicted molar refractivity (Wildman–Crippen MR) is 91.5 cm³/mol. The van der Waals surface area contributed by atoms with Crippen LogP contribution in [0.15, 0.2) is 30.4 Å². The number of fused-ring (bicyclic) bond motifs is 2. The predicted octanol–water partition coefficient (Wildman–Crippen LogP) is 2.40. The highest BCUT2D eigenvalue weighted by Gasteiger charge is 2.51. The Kier molecular flexibility index (Phi) is 4.70. The largest absolute Gasteiger partial charge is 0.493 e. The molecular weight excluding hydrogens is 322 g/mol. The zero-order valence-corrected chi connectivity index (χ0v) is 14.6. The smallest absolute Gasteiger partial charge is 0.307 e. The maximum Gasteiger partial charge on any atom is 0.307 e. The van der Waals surface area contributed by atoms with E-state index >= 15 is 0 Å². The average Bonchev–Trinajstić information content (AvgIpc) is 3.22. The Bertz CT molecular complexity index is 714. The van der Waals surface area contributed by atoms with Gasteiger partial charge < -0.3 is 19.9 Å². The van der Waals surface area contributed by atoms with Gasteiger partial charge in [0.25, 0.3) is 0 Å². The first-order valence-corrected chi connectivity index (χ1v) is 8.39. The van der Waals surface area contributed by atoms with Gasteiger partial charge in [-0.05, 0) is 42.9 Å². The summed E-state index contributed by atoms with van der Waals surface area (Å²) < 4.78 is 10.5. The van der Waals surface area contributed by atoms with E-state index in [2.05, 4.69) is 5.32 Å². The van der Waals surface area contributed by atoms with Crippen molar-refractivity contribution in [3.8, 4) is 11.5 Å². The van der Waals surface area contributed by atoms with Gasteiger partial charge in [-0.15, -0.1) is 0 Å². The summed E-state index contributed by atoms with van der Waals surface area (Å²) in [5, 5.41) is 12.5. The zero-order chi connectivity index (χ0) is 18.1. The monoisotopic (exact) mass is 345 g/mol. The van der Waals surface area contributed by atoms with Crippen LogP contribution >= 0.6 is 0 Å². The van der Waals surface area contributed by atoms with E-state index in [1.54, 1.807) is 20.3 Å². The van der Waals surface area contributed by atoms with Crippen molar-refractivity contribution in [3.05, 3.63) is 35.9 Å². The zero-order valence-electron chi connectivity index (χ0n) is 14.6. The molecule has 6 heteroatoms. The molecule has 0 radical (unpaired) electrons. The summed E-state index contributed by atoms with van der Waals surface area (Å²) in [5.41, 5.74) is 0.872.